The number of rotatable bonds is 10. The van der Waals surface area contributed by atoms with Gasteiger partial charge in [-0.05, 0) is 38.5 Å². The van der Waals surface area contributed by atoms with Crippen LogP contribution in [0.3, 0.4) is 0 Å². The second-order valence-electron chi connectivity index (χ2n) is 7.41. The summed E-state index contributed by atoms with van der Waals surface area (Å²) in [6.07, 6.45) is 2.12. The monoisotopic (exact) mass is 390 g/mol. The molecule has 5 nitrogen and oxygen atoms in total. The van der Waals surface area contributed by atoms with E-state index in [2.05, 4.69) is 9.71 Å². The van der Waals surface area contributed by atoms with Crippen molar-refractivity contribution in [2.45, 2.75) is 50.7 Å². The van der Waals surface area contributed by atoms with E-state index in [1.807, 2.05) is 69.3 Å². The molecule has 1 aromatic carbocycles. The van der Waals surface area contributed by atoms with Crippen molar-refractivity contribution in [1.29, 1.82) is 0 Å². The Kier molecular flexibility index (Phi) is 8.73. The predicted octanol–water partition coefficient (Wildman–Crippen LogP) is 3.28. The SMILES string of the molecule is CO[C@@H](COCc1ccccc1)[C@H](Cc1ccccn1)N[S+]([O-])C(C)(C)C. The van der Waals surface area contributed by atoms with Crippen LogP contribution in [0.5, 0.6) is 0 Å². The summed E-state index contributed by atoms with van der Waals surface area (Å²) in [6, 6.07) is 15.6. The summed E-state index contributed by atoms with van der Waals surface area (Å²) in [5.41, 5.74) is 2.03. The standard InChI is InChI=1S/C21H30N2O3S/c1-21(2,3)27(24)23-19(14-18-12-8-9-13-22-18)20(25-4)16-26-15-17-10-6-5-7-11-17/h5-13,19-20,23H,14-16H2,1-4H3/t19-,20-,27?/m0/s1. The Hall–Kier alpha value is -1.44. The minimum atomic E-state index is -1.22. The molecule has 2 rings (SSSR count). The summed E-state index contributed by atoms with van der Waals surface area (Å²) < 4.78 is 27.1. The number of methoxy groups -OCH3 is 1. The Morgan fingerprint density at radius 1 is 1.11 bits per heavy atom. The molecule has 148 valence electrons. The number of ether oxygens (including phenoxy) is 2. The molecule has 1 N–H and O–H groups in total. The molecule has 0 saturated carbocycles. The van der Waals surface area contributed by atoms with Crippen LogP contribution in [-0.4, -0.2) is 40.1 Å². The second kappa shape index (κ2) is 10.8. The fraction of sp³-hybridized carbons (Fsp3) is 0.476. The quantitative estimate of drug-likeness (QED) is 0.631. The summed E-state index contributed by atoms with van der Waals surface area (Å²) in [6.45, 7) is 6.75. The molecule has 3 atom stereocenters. The first-order valence-electron chi connectivity index (χ1n) is 9.12. The van der Waals surface area contributed by atoms with Gasteiger partial charge in [-0.3, -0.25) is 4.98 Å². The molecule has 0 amide bonds. The Balaban J connectivity index is 2.03. The maximum atomic E-state index is 12.7. The van der Waals surface area contributed by atoms with Gasteiger partial charge >= 0.3 is 0 Å². The highest BCUT2D eigenvalue weighted by molar-refractivity contribution is 7.90. The zero-order valence-corrected chi connectivity index (χ0v) is 17.4. The third-order valence-corrected chi connectivity index (χ3v) is 5.74. The van der Waals surface area contributed by atoms with Crippen LogP contribution in [0.15, 0.2) is 54.7 Å². The van der Waals surface area contributed by atoms with Crippen LogP contribution in [0.4, 0.5) is 0 Å². The molecule has 0 aliphatic rings. The molecule has 6 heteroatoms. The van der Waals surface area contributed by atoms with Crippen LogP contribution in [0, 0.1) is 0 Å². The van der Waals surface area contributed by atoms with Gasteiger partial charge in [0.15, 0.2) is 0 Å². The molecule has 0 bridgehead atoms. The number of benzene rings is 1. The molecule has 0 fully saturated rings. The second-order valence-corrected chi connectivity index (χ2v) is 9.40. The molecule has 0 aliphatic carbocycles. The van der Waals surface area contributed by atoms with Gasteiger partial charge in [0.05, 0.1) is 19.3 Å². The molecule has 2 aromatic rings. The Morgan fingerprint density at radius 3 is 2.41 bits per heavy atom. The minimum absolute atomic E-state index is 0.180. The average molecular weight is 391 g/mol. The van der Waals surface area contributed by atoms with Crippen LogP contribution < -0.4 is 4.72 Å². The van der Waals surface area contributed by atoms with E-state index < -0.39 is 11.4 Å². The normalized spacial score (nSPS) is 15.3. The zero-order valence-electron chi connectivity index (χ0n) is 16.6. The van der Waals surface area contributed by atoms with Crippen LogP contribution in [0.1, 0.15) is 32.0 Å². The highest BCUT2D eigenvalue weighted by Crippen LogP contribution is 2.17. The first-order chi connectivity index (χ1) is 12.9. The number of nitrogens with one attached hydrogen (secondary N) is 1. The molecule has 1 unspecified atom stereocenters. The van der Waals surface area contributed by atoms with E-state index in [4.69, 9.17) is 9.47 Å². The zero-order chi connectivity index (χ0) is 19.7. The number of hydrogen-bond acceptors (Lipinski definition) is 5. The minimum Gasteiger partial charge on any atom is -0.598 e. The summed E-state index contributed by atoms with van der Waals surface area (Å²) in [4.78, 5) is 4.40. The maximum Gasteiger partial charge on any atom is 0.136 e. The lowest BCUT2D eigenvalue weighted by Gasteiger charge is -2.31. The number of nitrogens with zero attached hydrogens (tertiary/aromatic N) is 1. The van der Waals surface area contributed by atoms with E-state index in [-0.39, 0.29) is 16.9 Å². The van der Waals surface area contributed by atoms with E-state index in [1.54, 1.807) is 13.3 Å². The summed E-state index contributed by atoms with van der Waals surface area (Å²) in [5.74, 6) is 0. The van der Waals surface area contributed by atoms with Gasteiger partial charge in [0.2, 0.25) is 0 Å². The fourth-order valence-electron chi connectivity index (χ4n) is 2.52. The average Bonchev–Trinajstić information content (AvgIpc) is 2.65. The highest BCUT2D eigenvalue weighted by atomic mass is 32.2. The predicted molar refractivity (Wildman–Crippen MR) is 110 cm³/mol. The summed E-state index contributed by atoms with van der Waals surface area (Å²) in [5, 5.41) is 0. The highest BCUT2D eigenvalue weighted by Gasteiger charge is 2.33. The van der Waals surface area contributed by atoms with Crippen molar-refractivity contribution in [2.75, 3.05) is 13.7 Å². The van der Waals surface area contributed by atoms with E-state index in [0.717, 1.165) is 11.3 Å². The van der Waals surface area contributed by atoms with E-state index in [1.165, 1.54) is 0 Å². The van der Waals surface area contributed by atoms with Gasteiger partial charge in [0.1, 0.15) is 10.9 Å². The van der Waals surface area contributed by atoms with Crippen molar-refractivity contribution < 1.29 is 14.0 Å². The van der Waals surface area contributed by atoms with Gasteiger partial charge in [-0.2, -0.15) is 0 Å². The van der Waals surface area contributed by atoms with Gasteiger partial charge < -0.3 is 14.0 Å². The Bertz CT molecular complexity index is 649. The van der Waals surface area contributed by atoms with E-state index >= 15 is 0 Å². The maximum absolute atomic E-state index is 12.7. The third-order valence-electron chi connectivity index (χ3n) is 4.12. The summed E-state index contributed by atoms with van der Waals surface area (Å²) in [7, 11) is 1.66. The fourth-order valence-corrected chi connectivity index (χ4v) is 3.39. The number of aromatic nitrogens is 1. The molecule has 0 radical (unpaired) electrons. The van der Waals surface area contributed by atoms with Crippen LogP contribution >= 0.6 is 0 Å². The lowest BCUT2D eigenvalue weighted by atomic mass is 10.1. The van der Waals surface area contributed by atoms with Crippen molar-refractivity contribution in [3.63, 3.8) is 0 Å². The third kappa shape index (κ3) is 7.60. The molecular weight excluding hydrogens is 360 g/mol. The lowest BCUT2D eigenvalue weighted by Crippen LogP contribution is -2.52. The molecule has 0 saturated heterocycles. The summed E-state index contributed by atoms with van der Waals surface area (Å²) >= 11 is -1.22. The van der Waals surface area contributed by atoms with Gasteiger partial charge in [0.25, 0.3) is 0 Å². The molecule has 27 heavy (non-hydrogen) atoms. The number of pyridine rings is 1. The first-order valence-corrected chi connectivity index (χ1v) is 10.3. The lowest BCUT2D eigenvalue weighted by molar-refractivity contribution is -0.0134. The van der Waals surface area contributed by atoms with Crippen molar-refractivity contribution in [1.82, 2.24) is 9.71 Å². The van der Waals surface area contributed by atoms with Gasteiger partial charge in [-0.1, -0.05) is 36.4 Å². The Labute approximate surface area is 165 Å². The van der Waals surface area contributed by atoms with E-state index in [9.17, 15) is 4.55 Å². The molecule has 1 aromatic heterocycles. The molecule has 1 heterocycles. The van der Waals surface area contributed by atoms with E-state index in [0.29, 0.717) is 19.6 Å². The Morgan fingerprint density at radius 2 is 1.81 bits per heavy atom. The van der Waals surface area contributed by atoms with Crippen LogP contribution in [-0.2, 0) is 33.9 Å². The first kappa shape index (κ1) is 21.9. The van der Waals surface area contributed by atoms with Crippen LogP contribution in [0.25, 0.3) is 0 Å². The molecular formula is C21H30N2O3S. The largest absolute Gasteiger partial charge is 0.598 e. The van der Waals surface area contributed by atoms with Gasteiger partial charge in [-0.25, -0.2) is 0 Å². The smallest absolute Gasteiger partial charge is 0.136 e. The van der Waals surface area contributed by atoms with Crippen molar-refractivity contribution in [3.8, 4) is 0 Å². The molecule has 0 spiro atoms. The van der Waals surface area contributed by atoms with Crippen molar-refractivity contribution in [3.05, 3.63) is 66.0 Å². The van der Waals surface area contributed by atoms with Gasteiger partial charge in [0, 0.05) is 36.8 Å². The van der Waals surface area contributed by atoms with Crippen molar-refractivity contribution >= 4 is 11.4 Å². The number of hydrogen-bond donors (Lipinski definition) is 1. The van der Waals surface area contributed by atoms with Crippen LogP contribution in [0.2, 0.25) is 0 Å². The topological polar surface area (TPSA) is 66.4 Å². The van der Waals surface area contributed by atoms with Gasteiger partial charge in [-0.15, -0.1) is 4.72 Å². The molecule has 0 aliphatic heterocycles. The van der Waals surface area contributed by atoms with Crippen molar-refractivity contribution in [2.24, 2.45) is 0 Å².